The number of carbonyl (C=O) groups is 1. The Bertz CT molecular complexity index is 1300. The van der Waals surface area contributed by atoms with E-state index >= 15 is 0 Å². The van der Waals surface area contributed by atoms with E-state index in [1.54, 1.807) is 11.3 Å². The maximum Gasteiger partial charge on any atom is 0.236 e. The van der Waals surface area contributed by atoms with Gasteiger partial charge in [-0.3, -0.25) is 4.79 Å². The predicted octanol–water partition coefficient (Wildman–Crippen LogP) is 4.92. The average Bonchev–Trinajstić information content (AvgIpc) is 3.26. The smallest absolute Gasteiger partial charge is 0.236 e. The molecule has 7 heteroatoms. The summed E-state index contributed by atoms with van der Waals surface area (Å²) in [5.41, 5.74) is 3.51. The normalized spacial score (nSPS) is 16.2. The number of amides is 1. The van der Waals surface area contributed by atoms with E-state index in [9.17, 15) is 4.79 Å². The molecule has 2 aliphatic heterocycles. The van der Waals surface area contributed by atoms with Crippen LogP contribution in [0, 0.1) is 0 Å². The molecule has 6 nitrogen and oxygen atoms in total. The minimum Gasteiger partial charge on any atom is -0.457 e. The Morgan fingerprint density at radius 1 is 0.970 bits per heavy atom. The number of rotatable bonds is 3. The first-order chi connectivity index (χ1) is 16.2. The molecule has 3 aromatic carbocycles. The summed E-state index contributed by atoms with van der Waals surface area (Å²) in [6.45, 7) is 4.07. The second-order valence-corrected chi connectivity index (χ2v) is 9.58. The predicted molar refractivity (Wildman–Crippen MR) is 133 cm³/mol. The first kappa shape index (κ1) is 20.2. The lowest BCUT2D eigenvalue weighted by Gasteiger charge is -2.32. The number of fused-ring (bicyclic) bond motifs is 3. The van der Waals surface area contributed by atoms with Gasteiger partial charge in [0.05, 0.1) is 16.1 Å². The van der Waals surface area contributed by atoms with E-state index in [1.807, 2.05) is 66.7 Å². The largest absolute Gasteiger partial charge is 0.457 e. The van der Waals surface area contributed by atoms with Gasteiger partial charge in [-0.1, -0.05) is 47.7 Å². The third-order valence-corrected chi connectivity index (χ3v) is 7.44. The number of likely N-dealkylation sites (N-methyl/N-ethyl adjacent to an activating group) is 1. The molecule has 1 saturated heterocycles. The highest BCUT2D eigenvalue weighted by molar-refractivity contribution is 7.22. The molecular formula is C26H24N4O2S. The standard InChI is InChI=1S/C26H24N4O2S/c1-29-12-14-30(15-13-29)26-28-20-11-10-17(16-23(20)33-26)27-25(31)24-18-6-2-4-8-21(18)32-22-9-5-3-7-19(22)24/h2-11,16,24H,12-15H2,1H3,(H,27,31). The fourth-order valence-electron chi connectivity index (χ4n) is 4.53. The fraction of sp³-hybridized carbons (Fsp3) is 0.231. The SMILES string of the molecule is CN1CCN(c2nc3ccc(NC(=O)C4c5ccccc5Oc5ccccc54)cc3s2)CC1. The van der Waals surface area contributed by atoms with E-state index in [0.717, 1.165) is 69.8 Å². The second kappa shape index (κ2) is 8.17. The van der Waals surface area contributed by atoms with Gasteiger partial charge >= 0.3 is 0 Å². The van der Waals surface area contributed by atoms with Crippen LogP contribution in [0.2, 0.25) is 0 Å². The monoisotopic (exact) mass is 456 g/mol. The lowest BCUT2D eigenvalue weighted by atomic mass is 9.87. The van der Waals surface area contributed by atoms with Crippen LogP contribution >= 0.6 is 11.3 Å². The Morgan fingerprint density at radius 2 is 1.64 bits per heavy atom. The highest BCUT2D eigenvalue weighted by atomic mass is 32.1. The molecule has 1 fully saturated rings. The van der Waals surface area contributed by atoms with E-state index in [4.69, 9.17) is 9.72 Å². The van der Waals surface area contributed by atoms with Crippen molar-refractivity contribution in [2.75, 3.05) is 43.4 Å². The van der Waals surface area contributed by atoms with Gasteiger partial charge in [-0.25, -0.2) is 4.98 Å². The molecule has 0 saturated carbocycles. The number of nitrogens with zero attached hydrogens (tertiary/aromatic N) is 3. The van der Waals surface area contributed by atoms with Gasteiger partial charge in [-0.15, -0.1) is 0 Å². The lowest BCUT2D eigenvalue weighted by molar-refractivity contribution is -0.116. The number of benzene rings is 3. The van der Waals surface area contributed by atoms with E-state index in [0.29, 0.717) is 0 Å². The van der Waals surface area contributed by atoms with Gasteiger partial charge in [-0.05, 0) is 37.4 Å². The van der Waals surface area contributed by atoms with Gasteiger partial charge in [0, 0.05) is 43.0 Å². The van der Waals surface area contributed by atoms with E-state index < -0.39 is 5.92 Å². The number of hydrogen-bond donors (Lipinski definition) is 1. The van der Waals surface area contributed by atoms with Gasteiger partial charge in [0.1, 0.15) is 11.5 Å². The van der Waals surface area contributed by atoms with Crippen molar-refractivity contribution >= 4 is 38.3 Å². The molecule has 166 valence electrons. The van der Waals surface area contributed by atoms with Crippen molar-refractivity contribution in [3.05, 3.63) is 77.9 Å². The molecule has 0 aliphatic carbocycles. The van der Waals surface area contributed by atoms with Crippen LogP contribution in [0.1, 0.15) is 17.0 Å². The summed E-state index contributed by atoms with van der Waals surface area (Å²) in [7, 11) is 2.15. The molecule has 1 amide bonds. The van der Waals surface area contributed by atoms with Crippen LogP contribution in [0.25, 0.3) is 10.2 Å². The van der Waals surface area contributed by atoms with Crippen molar-refractivity contribution in [2.45, 2.75) is 5.92 Å². The van der Waals surface area contributed by atoms with Gasteiger partial charge < -0.3 is 19.9 Å². The lowest BCUT2D eigenvalue weighted by Crippen LogP contribution is -2.44. The number of para-hydroxylation sites is 2. The van der Waals surface area contributed by atoms with E-state index in [-0.39, 0.29) is 5.91 Å². The number of nitrogens with one attached hydrogen (secondary N) is 1. The summed E-state index contributed by atoms with van der Waals surface area (Å²) >= 11 is 1.68. The minimum atomic E-state index is -0.427. The molecule has 0 unspecified atom stereocenters. The van der Waals surface area contributed by atoms with E-state index in [2.05, 4.69) is 22.2 Å². The van der Waals surface area contributed by atoms with Crippen molar-refractivity contribution in [2.24, 2.45) is 0 Å². The molecule has 6 rings (SSSR count). The Morgan fingerprint density at radius 3 is 2.33 bits per heavy atom. The molecule has 0 atom stereocenters. The first-order valence-electron chi connectivity index (χ1n) is 11.2. The molecule has 33 heavy (non-hydrogen) atoms. The number of piperazine rings is 1. The number of hydrogen-bond acceptors (Lipinski definition) is 6. The van der Waals surface area contributed by atoms with Crippen LogP contribution < -0.4 is 15.0 Å². The fourth-order valence-corrected chi connectivity index (χ4v) is 5.59. The summed E-state index contributed by atoms with van der Waals surface area (Å²) in [5, 5.41) is 4.19. The van der Waals surface area contributed by atoms with Crippen LogP contribution in [0.5, 0.6) is 11.5 Å². The maximum absolute atomic E-state index is 13.5. The Labute approximate surface area is 196 Å². The number of carbonyl (C=O) groups excluding carboxylic acids is 1. The highest BCUT2D eigenvalue weighted by Crippen LogP contribution is 2.44. The van der Waals surface area contributed by atoms with Gasteiger partial charge in [0.15, 0.2) is 5.13 Å². The molecule has 0 radical (unpaired) electrons. The van der Waals surface area contributed by atoms with Crippen molar-refractivity contribution in [1.29, 1.82) is 0 Å². The molecule has 1 N–H and O–H groups in total. The van der Waals surface area contributed by atoms with Crippen LogP contribution in [0.3, 0.4) is 0 Å². The minimum absolute atomic E-state index is 0.0682. The number of thiazole rings is 1. The van der Waals surface area contributed by atoms with Crippen LogP contribution in [-0.4, -0.2) is 49.0 Å². The second-order valence-electron chi connectivity index (χ2n) is 8.57. The molecule has 0 spiro atoms. The van der Waals surface area contributed by atoms with Crippen molar-refractivity contribution in [3.63, 3.8) is 0 Å². The molecule has 4 aromatic rings. The van der Waals surface area contributed by atoms with Crippen molar-refractivity contribution < 1.29 is 9.53 Å². The van der Waals surface area contributed by atoms with Crippen LogP contribution in [0.15, 0.2) is 66.7 Å². The summed E-state index contributed by atoms with van der Waals surface area (Å²) in [4.78, 5) is 23.0. The third kappa shape index (κ3) is 3.73. The molecule has 3 heterocycles. The summed E-state index contributed by atoms with van der Waals surface area (Å²) in [5.74, 6) is 0.961. The van der Waals surface area contributed by atoms with Gasteiger partial charge in [-0.2, -0.15) is 0 Å². The van der Waals surface area contributed by atoms with Crippen LogP contribution in [0.4, 0.5) is 10.8 Å². The molecule has 0 bridgehead atoms. The van der Waals surface area contributed by atoms with Crippen molar-refractivity contribution in [1.82, 2.24) is 9.88 Å². The Hall–Kier alpha value is -3.42. The average molecular weight is 457 g/mol. The van der Waals surface area contributed by atoms with Gasteiger partial charge in [0.25, 0.3) is 0 Å². The maximum atomic E-state index is 13.5. The summed E-state index contributed by atoms with van der Waals surface area (Å²) in [6.07, 6.45) is 0. The number of anilines is 2. The Balaban J connectivity index is 1.28. The topological polar surface area (TPSA) is 57.7 Å². The first-order valence-corrected chi connectivity index (χ1v) is 12.0. The zero-order valence-corrected chi connectivity index (χ0v) is 19.1. The van der Waals surface area contributed by atoms with Crippen LogP contribution in [-0.2, 0) is 4.79 Å². The molecule has 2 aliphatic rings. The molecular weight excluding hydrogens is 432 g/mol. The third-order valence-electron chi connectivity index (χ3n) is 6.36. The zero-order chi connectivity index (χ0) is 22.4. The quantitative estimate of drug-likeness (QED) is 0.474. The Kier molecular flexibility index (Phi) is 5.00. The zero-order valence-electron chi connectivity index (χ0n) is 18.3. The highest BCUT2D eigenvalue weighted by Gasteiger charge is 2.32. The van der Waals surface area contributed by atoms with Gasteiger partial charge in [0.2, 0.25) is 5.91 Å². The number of aromatic nitrogens is 1. The number of ether oxygens (including phenoxy) is 1. The van der Waals surface area contributed by atoms with Crippen molar-refractivity contribution in [3.8, 4) is 11.5 Å². The summed E-state index contributed by atoms with van der Waals surface area (Å²) < 4.78 is 7.12. The van der Waals surface area contributed by atoms with E-state index in [1.165, 1.54) is 0 Å². The summed E-state index contributed by atoms with van der Waals surface area (Å²) in [6, 6.07) is 21.4. The molecule has 1 aromatic heterocycles.